The fourth-order valence-corrected chi connectivity index (χ4v) is 3.38. The molecule has 0 radical (unpaired) electrons. The van der Waals surface area contributed by atoms with E-state index in [1.54, 1.807) is 12.1 Å². The van der Waals surface area contributed by atoms with E-state index >= 15 is 0 Å². The van der Waals surface area contributed by atoms with E-state index in [9.17, 15) is 9.59 Å². The average molecular weight is 366 g/mol. The van der Waals surface area contributed by atoms with Gasteiger partial charge in [0, 0.05) is 10.8 Å². The molecule has 5 aromatic rings. The molecule has 2 aromatic heterocycles. The zero-order valence-electron chi connectivity index (χ0n) is 14.7. The molecule has 4 heteroatoms. The van der Waals surface area contributed by atoms with E-state index < -0.39 is 11.3 Å². The lowest BCUT2D eigenvalue weighted by Crippen LogP contribution is -2.04. The quantitative estimate of drug-likeness (QED) is 0.401. The molecule has 0 bridgehead atoms. The van der Waals surface area contributed by atoms with Gasteiger partial charge in [-0.25, -0.2) is 9.59 Å². The molecule has 0 spiro atoms. The van der Waals surface area contributed by atoms with Crippen molar-refractivity contribution in [2.75, 3.05) is 0 Å². The van der Waals surface area contributed by atoms with Crippen LogP contribution in [0.15, 0.2) is 103 Å². The Labute approximate surface area is 159 Å². The summed E-state index contributed by atoms with van der Waals surface area (Å²) in [6, 6.07) is 25.6. The minimum atomic E-state index is -0.415. The van der Waals surface area contributed by atoms with Gasteiger partial charge in [0.2, 0.25) is 0 Å². The van der Waals surface area contributed by atoms with Crippen LogP contribution in [0.5, 0.6) is 0 Å². The van der Waals surface area contributed by atoms with E-state index in [4.69, 9.17) is 8.83 Å². The summed E-state index contributed by atoms with van der Waals surface area (Å²) in [5.74, 6) is 0. The molecule has 5 rings (SSSR count). The van der Waals surface area contributed by atoms with E-state index in [1.807, 2.05) is 72.8 Å². The minimum Gasteiger partial charge on any atom is -0.422 e. The number of rotatable bonds is 2. The molecule has 4 nitrogen and oxygen atoms in total. The zero-order chi connectivity index (χ0) is 19.1. The summed E-state index contributed by atoms with van der Waals surface area (Å²) >= 11 is 0. The first-order valence-corrected chi connectivity index (χ1v) is 8.86. The molecule has 0 aliphatic rings. The average Bonchev–Trinajstić information content (AvgIpc) is 2.73. The Kier molecular flexibility index (Phi) is 3.69. The summed E-state index contributed by atoms with van der Waals surface area (Å²) in [6.07, 6.45) is 0. The van der Waals surface area contributed by atoms with Crippen molar-refractivity contribution in [3.8, 4) is 22.3 Å². The maximum Gasteiger partial charge on any atom is 0.344 e. The lowest BCUT2D eigenvalue weighted by atomic mass is 9.99. The van der Waals surface area contributed by atoms with Crippen LogP contribution in [0.3, 0.4) is 0 Å². The molecule has 0 aliphatic carbocycles. The molecule has 134 valence electrons. The summed E-state index contributed by atoms with van der Waals surface area (Å²) in [6.45, 7) is 0. The zero-order valence-corrected chi connectivity index (χ0v) is 14.7. The van der Waals surface area contributed by atoms with Crippen molar-refractivity contribution < 1.29 is 8.83 Å². The molecule has 0 atom stereocenters. The Morgan fingerprint density at radius 2 is 0.964 bits per heavy atom. The lowest BCUT2D eigenvalue weighted by Gasteiger charge is -2.06. The van der Waals surface area contributed by atoms with E-state index in [2.05, 4.69) is 0 Å². The Morgan fingerprint density at radius 1 is 0.500 bits per heavy atom. The predicted molar refractivity (Wildman–Crippen MR) is 109 cm³/mol. The van der Waals surface area contributed by atoms with Gasteiger partial charge in [-0.1, -0.05) is 54.6 Å². The highest BCUT2D eigenvalue weighted by Crippen LogP contribution is 2.26. The van der Waals surface area contributed by atoms with E-state index in [0.717, 1.165) is 10.8 Å². The Bertz CT molecular complexity index is 1350. The molecule has 0 N–H and O–H groups in total. The van der Waals surface area contributed by atoms with E-state index in [-0.39, 0.29) is 0 Å². The third-order valence-electron chi connectivity index (χ3n) is 4.77. The standard InChI is InChI=1S/C24H14O4/c25-23-19(13-17-6-1-3-10-21(17)27-23)15-8-5-9-16(12-15)20-14-18-7-2-4-11-22(18)28-24(20)26/h1-14H. The van der Waals surface area contributed by atoms with Crippen LogP contribution in [0.2, 0.25) is 0 Å². The number of hydrogen-bond acceptors (Lipinski definition) is 4. The highest BCUT2D eigenvalue weighted by atomic mass is 16.4. The molecule has 2 heterocycles. The molecule has 0 unspecified atom stereocenters. The van der Waals surface area contributed by atoms with Crippen LogP contribution < -0.4 is 11.3 Å². The van der Waals surface area contributed by atoms with Crippen LogP contribution in [0.4, 0.5) is 0 Å². The lowest BCUT2D eigenvalue weighted by molar-refractivity contribution is 0.563. The van der Waals surface area contributed by atoms with E-state index in [1.165, 1.54) is 0 Å². The van der Waals surface area contributed by atoms with Gasteiger partial charge in [-0.2, -0.15) is 0 Å². The van der Waals surface area contributed by atoms with Crippen molar-refractivity contribution in [2.24, 2.45) is 0 Å². The number of benzene rings is 3. The van der Waals surface area contributed by atoms with Crippen LogP contribution in [-0.2, 0) is 0 Å². The highest BCUT2D eigenvalue weighted by Gasteiger charge is 2.12. The smallest absolute Gasteiger partial charge is 0.344 e. The van der Waals surface area contributed by atoms with Crippen LogP contribution in [0.1, 0.15) is 0 Å². The third-order valence-corrected chi connectivity index (χ3v) is 4.77. The molecular formula is C24H14O4. The fraction of sp³-hybridized carbons (Fsp3) is 0. The van der Waals surface area contributed by atoms with Gasteiger partial charge in [0.15, 0.2) is 0 Å². The number of fused-ring (bicyclic) bond motifs is 2. The Morgan fingerprint density at radius 3 is 1.46 bits per heavy atom. The van der Waals surface area contributed by atoms with Crippen molar-refractivity contribution in [2.45, 2.75) is 0 Å². The van der Waals surface area contributed by atoms with Gasteiger partial charge >= 0.3 is 11.3 Å². The van der Waals surface area contributed by atoms with Crippen molar-refractivity contribution >= 4 is 21.9 Å². The second-order valence-electron chi connectivity index (χ2n) is 6.55. The molecule has 0 amide bonds. The van der Waals surface area contributed by atoms with Crippen LogP contribution in [0.25, 0.3) is 44.2 Å². The Balaban J connectivity index is 1.69. The van der Waals surface area contributed by atoms with Gasteiger partial charge in [-0.3, -0.25) is 0 Å². The maximum absolute atomic E-state index is 12.5. The monoisotopic (exact) mass is 366 g/mol. The molecule has 0 aliphatic heterocycles. The second-order valence-corrected chi connectivity index (χ2v) is 6.55. The fourth-order valence-electron chi connectivity index (χ4n) is 3.38. The molecule has 3 aromatic carbocycles. The largest absolute Gasteiger partial charge is 0.422 e. The summed E-state index contributed by atoms with van der Waals surface area (Å²) in [5.41, 5.74) is 2.53. The van der Waals surface area contributed by atoms with Crippen molar-refractivity contribution in [1.82, 2.24) is 0 Å². The number of hydrogen-bond donors (Lipinski definition) is 0. The van der Waals surface area contributed by atoms with Crippen LogP contribution in [0, 0.1) is 0 Å². The van der Waals surface area contributed by atoms with Gasteiger partial charge in [-0.15, -0.1) is 0 Å². The van der Waals surface area contributed by atoms with Crippen LogP contribution >= 0.6 is 0 Å². The highest BCUT2D eigenvalue weighted by molar-refractivity contribution is 5.84. The first-order valence-electron chi connectivity index (χ1n) is 8.86. The molecule has 0 saturated carbocycles. The van der Waals surface area contributed by atoms with Gasteiger partial charge < -0.3 is 8.83 Å². The predicted octanol–water partition coefficient (Wildman–Crippen LogP) is 5.23. The molecular weight excluding hydrogens is 352 g/mol. The molecule has 0 fully saturated rings. The molecule has 0 saturated heterocycles. The summed E-state index contributed by atoms with van der Waals surface area (Å²) < 4.78 is 10.9. The van der Waals surface area contributed by atoms with Crippen molar-refractivity contribution in [3.63, 3.8) is 0 Å². The maximum atomic E-state index is 12.5. The minimum absolute atomic E-state index is 0.415. The molecule has 28 heavy (non-hydrogen) atoms. The summed E-state index contributed by atoms with van der Waals surface area (Å²) in [4.78, 5) is 25.0. The summed E-state index contributed by atoms with van der Waals surface area (Å²) in [5, 5.41) is 1.68. The van der Waals surface area contributed by atoms with Crippen molar-refractivity contribution in [1.29, 1.82) is 0 Å². The summed E-state index contributed by atoms with van der Waals surface area (Å²) in [7, 11) is 0. The topological polar surface area (TPSA) is 60.4 Å². The normalized spacial score (nSPS) is 11.1. The SMILES string of the molecule is O=c1oc2ccccc2cc1-c1cccc(-c2cc3ccccc3oc2=O)c1. The first kappa shape index (κ1) is 16.3. The van der Waals surface area contributed by atoms with Crippen LogP contribution in [-0.4, -0.2) is 0 Å². The first-order chi connectivity index (χ1) is 13.7. The Hall–Kier alpha value is -3.92. The van der Waals surface area contributed by atoms with Gasteiger partial charge in [-0.05, 0) is 41.5 Å². The second kappa shape index (κ2) is 6.35. The third kappa shape index (κ3) is 2.72. The van der Waals surface area contributed by atoms with E-state index in [0.29, 0.717) is 33.4 Å². The number of para-hydroxylation sites is 2. The van der Waals surface area contributed by atoms with Gasteiger partial charge in [0.05, 0.1) is 11.1 Å². The van der Waals surface area contributed by atoms with Gasteiger partial charge in [0.25, 0.3) is 0 Å². The van der Waals surface area contributed by atoms with Crippen molar-refractivity contribution in [3.05, 3.63) is 106 Å². The van der Waals surface area contributed by atoms with Gasteiger partial charge in [0.1, 0.15) is 11.2 Å².